The van der Waals surface area contributed by atoms with E-state index >= 15 is 0 Å². The molecule has 0 spiro atoms. The number of H-pyrrole nitrogens is 1. The van der Waals surface area contributed by atoms with Crippen molar-refractivity contribution in [2.45, 2.75) is 19.9 Å². The van der Waals surface area contributed by atoms with Gasteiger partial charge in [-0.1, -0.05) is 31.5 Å². The molecule has 1 fully saturated rings. The van der Waals surface area contributed by atoms with E-state index in [9.17, 15) is 4.79 Å². The molecule has 0 radical (unpaired) electrons. The molecular weight excluding hydrogens is 406 g/mol. The topological polar surface area (TPSA) is 101 Å². The van der Waals surface area contributed by atoms with Crippen LogP contribution in [-0.4, -0.2) is 48.5 Å². The number of nitrogens with zero attached hydrogens (tertiary/aromatic N) is 6. The van der Waals surface area contributed by atoms with Gasteiger partial charge < -0.3 is 4.74 Å². The van der Waals surface area contributed by atoms with Crippen LogP contribution >= 0.6 is 11.6 Å². The molecule has 0 aliphatic carbocycles. The molecule has 1 aliphatic heterocycles. The average molecular weight is 424 g/mol. The van der Waals surface area contributed by atoms with Crippen LogP contribution in [0.1, 0.15) is 13.8 Å². The number of halogens is 1. The van der Waals surface area contributed by atoms with E-state index < -0.39 is 0 Å². The van der Waals surface area contributed by atoms with Gasteiger partial charge >= 0.3 is 6.09 Å². The summed E-state index contributed by atoms with van der Waals surface area (Å²) in [6.07, 6.45) is 4.63. The summed E-state index contributed by atoms with van der Waals surface area (Å²) in [5, 5.41) is 11.7. The first-order valence-corrected chi connectivity index (χ1v) is 9.87. The number of cyclic esters (lactones) is 1. The number of hydrogen-bond donors (Lipinski definition) is 1. The molecule has 1 aliphatic rings. The lowest BCUT2D eigenvalue weighted by Gasteiger charge is -2.23. The molecule has 0 unspecified atom stereocenters. The fraction of sp³-hybridized carbons (Fsp3) is 0.250. The van der Waals surface area contributed by atoms with Gasteiger partial charge in [-0.15, -0.1) is 0 Å². The lowest BCUT2D eigenvalue weighted by molar-refractivity contribution is 0.177. The first kappa shape index (κ1) is 18.6. The molecule has 30 heavy (non-hydrogen) atoms. The number of fused-ring (bicyclic) bond motifs is 1. The average Bonchev–Trinajstić information content (AvgIpc) is 3.47. The Balaban J connectivity index is 1.57. The highest BCUT2D eigenvalue weighted by molar-refractivity contribution is 6.33. The molecule has 1 N–H and O–H groups in total. The van der Waals surface area contributed by atoms with E-state index in [1.54, 1.807) is 27.9 Å². The number of nitrogens with one attached hydrogen (secondary N) is 1. The molecule has 0 bridgehead atoms. The summed E-state index contributed by atoms with van der Waals surface area (Å²) in [7, 11) is 0. The van der Waals surface area contributed by atoms with Crippen molar-refractivity contribution >= 4 is 29.2 Å². The maximum absolute atomic E-state index is 12.3. The standard InChI is InChI=1S/C20H18ClN7O2/c1-11(2)16-9-30-20(29)28(16)17-5-6-27-19(25-17)14(8-24-27)12-3-4-13(15(21)7-12)18-22-10-23-26-18/h3-8,10-11,16H,9H2,1-2H3,(H,22,23,26)/t16-/m1/s1. The van der Waals surface area contributed by atoms with Crippen LogP contribution in [-0.2, 0) is 4.74 Å². The van der Waals surface area contributed by atoms with Crippen molar-refractivity contribution in [3.05, 3.63) is 48.0 Å². The number of amides is 1. The predicted octanol–water partition coefficient (Wildman–Crippen LogP) is 3.82. The van der Waals surface area contributed by atoms with Gasteiger partial charge in [-0.05, 0) is 29.7 Å². The van der Waals surface area contributed by atoms with E-state index in [-0.39, 0.29) is 18.1 Å². The number of aromatic amines is 1. The van der Waals surface area contributed by atoms with Gasteiger partial charge in [0.1, 0.15) is 18.8 Å². The molecule has 1 amide bonds. The number of anilines is 1. The molecule has 5 rings (SSSR count). The molecule has 4 aromatic rings. The SMILES string of the molecule is CC(C)[C@H]1COC(=O)N1c1ccn2ncc(-c3ccc(-c4nc[nH]n4)c(Cl)c3)c2n1. The smallest absolute Gasteiger partial charge is 0.415 e. The van der Waals surface area contributed by atoms with Gasteiger partial charge in [0.05, 0.1) is 17.3 Å². The fourth-order valence-electron chi connectivity index (χ4n) is 3.59. The van der Waals surface area contributed by atoms with Crippen molar-refractivity contribution in [2.75, 3.05) is 11.5 Å². The van der Waals surface area contributed by atoms with E-state index in [2.05, 4.69) is 34.1 Å². The quantitative estimate of drug-likeness (QED) is 0.535. The highest BCUT2D eigenvalue weighted by atomic mass is 35.5. The number of ether oxygens (including phenoxy) is 1. The molecule has 1 saturated heterocycles. The Hall–Kier alpha value is -3.46. The van der Waals surface area contributed by atoms with E-state index in [0.29, 0.717) is 28.9 Å². The van der Waals surface area contributed by atoms with Crippen molar-refractivity contribution < 1.29 is 9.53 Å². The van der Waals surface area contributed by atoms with Crippen molar-refractivity contribution in [2.24, 2.45) is 5.92 Å². The van der Waals surface area contributed by atoms with Gasteiger partial charge in [-0.2, -0.15) is 10.2 Å². The van der Waals surface area contributed by atoms with Crippen LogP contribution in [0.4, 0.5) is 10.6 Å². The van der Waals surface area contributed by atoms with Gasteiger partial charge in [-0.25, -0.2) is 19.3 Å². The number of benzene rings is 1. The third-order valence-corrected chi connectivity index (χ3v) is 5.53. The lowest BCUT2D eigenvalue weighted by atomic mass is 10.0. The number of rotatable bonds is 4. The number of carbonyl (C=O) groups is 1. The third kappa shape index (κ3) is 2.98. The second-order valence-corrected chi connectivity index (χ2v) is 7.79. The molecule has 3 aromatic heterocycles. The summed E-state index contributed by atoms with van der Waals surface area (Å²) in [4.78, 5) is 22.8. The minimum Gasteiger partial charge on any atom is -0.447 e. The Morgan fingerprint density at radius 2 is 2.13 bits per heavy atom. The number of hydrogen-bond acceptors (Lipinski definition) is 6. The maximum Gasteiger partial charge on any atom is 0.415 e. The zero-order chi connectivity index (χ0) is 20.8. The summed E-state index contributed by atoms with van der Waals surface area (Å²) < 4.78 is 6.93. The molecule has 9 nitrogen and oxygen atoms in total. The Kier molecular flexibility index (Phi) is 4.39. The molecule has 1 aromatic carbocycles. The number of carbonyl (C=O) groups excluding carboxylic acids is 1. The molecule has 10 heteroatoms. The monoisotopic (exact) mass is 423 g/mol. The second-order valence-electron chi connectivity index (χ2n) is 7.39. The summed E-state index contributed by atoms with van der Waals surface area (Å²) in [5.41, 5.74) is 3.00. The van der Waals surface area contributed by atoms with Gasteiger partial charge in [0.25, 0.3) is 0 Å². The highest BCUT2D eigenvalue weighted by Crippen LogP contribution is 2.33. The minimum absolute atomic E-state index is 0.0612. The second kappa shape index (κ2) is 7.10. The Bertz CT molecular complexity index is 1240. The maximum atomic E-state index is 12.3. The molecular formula is C20H18ClN7O2. The summed E-state index contributed by atoms with van der Waals surface area (Å²) in [6.45, 7) is 4.47. The largest absolute Gasteiger partial charge is 0.447 e. The van der Waals surface area contributed by atoms with Crippen LogP contribution < -0.4 is 4.90 Å². The molecule has 0 saturated carbocycles. The first-order chi connectivity index (χ1) is 14.5. The fourth-order valence-corrected chi connectivity index (χ4v) is 3.86. The lowest BCUT2D eigenvalue weighted by Crippen LogP contribution is -2.37. The van der Waals surface area contributed by atoms with Gasteiger partial charge in [0.15, 0.2) is 11.5 Å². The van der Waals surface area contributed by atoms with Gasteiger partial charge in [-0.3, -0.25) is 10.00 Å². The number of aromatic nitrogens is 6. The van der Waals surface area contributed by atoms with E-state index in [4.69, 9.17) is 21.3 Å². The van der Waals surface area contributed by atoms with Gasteiger partial charge in [0, 0.05) is 17.3 Å². The van der Waals surface area contributed by atoms with Crippen molar-refractivity contribution in [3.63, 3.8) is 0 Å². The van der Waals surface area contributed by atoms with Gasteiger partial charge in [0.2, 0.25) is 0 Å². The predicted molar refractivity (Wildman–Crippen MR) is 111 cm³/mol. The van der Waals surface area contributed by atoms with Crippen molar-refractivity contribution in [1.82, 2.24) is 29.8 Å². The van der Waals surface area contributed by atoms with Crippen LogP contribution in [0.5, 0.6) is 0 Å². The van der Waals surface area contributed by atoms with Crippen LogP contribution in [0.15, 0.2) is 43.0 Å². The van der Waals surface area contributed by atoms with E-state index in [1.165, 1.54) is 6.33 Å². The summed E-state index contributed by atoms with van der Waals surface area (Å²) in [6, 6.07) is 7.32. The third-order valence-electron chi connectivity index (χ3n) is 5.21. The summed E-state index contributed by atoms with van der Waals surface area (Å²) in [5.74, 6) is 1.30. The van der Waals surface area contributed by atoms with Crippen LogP contribution in [0.25, 0.3) is 28.2 Å². The zero-order valence-electron chi connectivity index (χ0n) is 16.3. The molecule has 152 valence electrons. The Morgan fingerprint density at radius 3 is 2.87 bits per heavy atom. The van der Waals surface area contributed by atoms with E-state index in [0.717, 1.165) is 16.7 Å². The molecule has 1 atom stereocenters. The zero-order valence-corrected chi connectivity index (χ0v) is 17.0. The Labute approximate surface area is 176 Å². The molecule has 4 heterocycles. The first-order valence-electron chi connectivity index (χ1n) is 9.49. The minimum atomic E-state index is -0.384. The van der Waals surface area contributed by atoms with E-state index in [1.807, 2.05) is 18.2 Å². The van der Waals surface area contributed by atoms with Crippen LogP contribution in [0.2, 0.25) is 5.02 Å². The Morgan fingerprint density at radius 1 is 1.27 bits per heavy atom. The van der Waals surface area contributed by atoms with Crippen molar-refractivity contribution in [3.8, 4) is 22.5 Å². The summed E-state index contributed by atoms with van der Waals surface area (Å²) >= 11 is 6.49. The van der Waals surface area contributed by atoms with Crippen LogP contribution in [0, 0.1) is 5.92 Å². The van der Waals surface area contributed by atoms with Crippen LogP contribution in [0.3, 0.4) is 0 Å². The normalized spacial score (nSPS) is 16.6. The highest BCUT2D eigenvalue weighted by Gasteiger charge is 2.37. The van der Waals surface area contributed by atoms with Crippen molar-refractivity contribution in [1.29, 1.82) is 0 Å².